The van der Waals surface area contributed by atoms with Crippen LogP contribution in [0.1, 0.15) is 19.3 Å². The van der Waals surface area contributed by atoms with Crippen molar-refractivity contribution >= 4 is 0 Å². The van der Waals surface area contributed by atoms with Gasteiger partial charge < -0.3 is 5.11 Å². The molecule has 0 aromatic rings. The molecule has 2 bridgehead atoms. The molecule has 3 saturated carbocycles. The lowest BCUT2D eigenvalue weighted by molar-refractivity contribution is 0.0577. The van der Waals surface area contributed by atoms with E-state index in [1.165, 1.54) is 12.8 Å². The molecule has 1 N–H and O–H groups in total. The van der Waals surface area contributed by atoms with Crippen molar-refractivity contribution in [2.45, 2.75) is 24.9 Å². The maximum Gasteiger partial charge on any atom is 0.0855 e. The van der Waals surface area contributed by atoms with Gasteiger partial charge in [-0.1, -0.05) is 6.08 Å². The number of rotatable bonds is 1. The molecule has 0 saturated heterocycles. The Kier molecular flexibility index (Phi) is 0.854. The molecule has 0 aromatic heterocycles. The summed E-state index contributed by atoms with van der Waals surface area (Å²) >= 11 is 0. The smallest absolute Gasteiger partial charge is 0.0855 e. The minimum atomic E-state index is -0.468. The van der Waals surface area contributed by atoms with E-state index in [9.17, 15) is 5.11 Å². The zero-order chi connectivity index (χ0) is 6.48. The van der Waals surface area contributed by atoms with Crippen molar-refractivity contribution < 1.29 is 5.11 Å². The lowest BCUT2D eigenvalue weighted by Crippen LogP contribution is -2.29. The summed E-state index contributed by atoms with van der Waals surface area (Å²) in [5.41, 5.74) is -0.468. The van der Waals surface area contributed by atoms with Gasteiger partial charge in [0.25, 0.3) is 0 Å². The summed E-state index contributed by atoms with van der Waals surface area (Å²) in [4.78, 5) is 0. The van der Waals surface area contributed by atoms with Crippen LogP contribution in [-0.2, 0) is 0 Å². The Morgan fingerprint density at radius 2 is 2.22 bits per heavy atom. The van der Waals surface area contributed by atoms with Crippen LogP contribution in [0.15, 0.2) is 12.7 Å². The van der Waals surface area contributed by atoms with Gasteiger partial charge in [0.15, 0.2) is 0 Å². The lowest BCUT2D eigenvalue weighted by atomic mass is 9.81. The Bertz CT molecular complexity index is 147. The second kappa shape index (κ2) is 1.40. The van der Waals surface area contributed by atoms with Crippen LogP contribution in [-0.4, -0.2) is 10.7 Å². The van der Waals surface area contributed by atoms with E-state index in [1.54, 1.807) is 6.08 Å². The molecule has 3 rings (SSSR count). The molecule has 0 radical (unpaired) electrons. The quantitative estimate of drug-likeness (QED) is 0.523. The summed E-state index contributed by atoms with van der Waals surface area (Å²) in [5, 5.41) is 9.69. The molecule has 9 heavy (non-hydrogen) atoms. The van der Waals surface area contributed by atoms with Crippen LogP contribution in [0.2, 0.25) is 0 Å². The normalized spacial score (nSPS) is 54.8. The average molecular weight is 124 g/mol. The van der Waals surface area contributed by atoms with Crippen LogP contribution in [0, 0.1) is 11.8 Å². The Morgan fingerprint density at radius 3 is 2.44 bits per heavy atom. The summed E-state index contributed by atoms with van der Waals surface area (Å²) in [6.45, 7) is 3.64. The number of fused-ring (bicyclic) bond motifs is 1. The molecule has 0 aliphatic heterocycles. The summed E-state index contributed by atoms with van der Waals surface area (Å²) < 4.78 is 0. The molecule has 1 nitrogen and oxygen atoms in total. The third-order valence-corrected chi connectivity index (χ3v) is 2.91. The van der Waals surface area contributed by atoms with Crippen molar-refractivity contribution in [1.82, 2.24) is 0 Å². The average Bonchev–Trinajstić information content (AvgIpc) is 2.19. The van der Waals surface area contributed by atoms with Gasteiger partial charge in [-0.15, -0.1) is 6.58 Å². The van der Waals surface area contributed by atoms with E-state index in [1.807, 2.05) is 0 Å². The highest BCUT2D eigenvalue weighted by atomic mass is 16.3. The predicted molar refractivity (Wildman–Crippen MR) is 36.0 cm³/mol. The van der Waals surface area contributed by atoms with E-state index in [0.29, 0.717) is 5.92 Å². The molecule has 0 aromatic carbocycles. The van der Waals surface area contributed by atoms with E-state index in [2.05, 4.69) is 6.58 Å². The molecular weight excluding hydrogens is 112 g/mol. The first-order chi connectivity index (χ1) is 4.24. The van der Waals surface area contributed by atoms with E-state index in [0.717, 1.165) is 12.3 Å². The zero-order valence-electron chi connectivity index (χ0n) is 5.51. The molecule has 1 heteroatoms. The van der Waals surface area contributed by atoms with Gasteiger partial charge in [-0.05, 0) is 31.1 Å². The van der Waals surface area contributed by atoms with Crippen molar-refractivity contribution in [3.8, 4) is 0 Å². The molecule has 0 heterocycles. The maximum absolute atomic E-state index is 9.69. The topological polar surface area (TPSA) is 20.2 Å². The van der Waals surface area contributed by atoms with Crippen molar-refractivity contribution in [2.75, 3.05) is 0 Å². The fraction of sp³-hybridized carbons (Fsp3) is 0.750. The molecule has 3 aliphatic carbocycles. The highest BCUT2D eigenvalue weighted by Gasteiger charge is 2.52. The largest absolute Gasteiger partial charge is 0.386 e. The Morgan fingerprint density at radius 1 is 1.56 bits per heavy atom. The van der Waals surface area contributed by atoms with Crippen molar-refractivity contribution in [3.05, 3.63) is 12.7 Å². The minimum absolute atomic E-state index is 0.468. The summed E-state index contributed by atoms with van der Waals surface area (Å²) in [6.07, 6.45) is 5.18. The van der Waals surface area contributed by atoms with Gasteiger partial charge in [-0.25, -0.2) is 0 Å². The first kappa shape index (κ1) is 5.48. The summed E-state index contributed by atoms with van der Waals surface area (Å²) in [7, 11) is 0. The van der Waals surface area contributed by atoms with Crippen LogP contribution >= 0.6 is 0 Å². The minimum Gasteiger partial charge on any atom is -0.386 e. The third-order valence-electron chi connectivity index (χ3n) is 2.91. The van der Waals surface area contributed by atoms with Crippen LogP contribution in [0.5, 0.6) is 0 Å². The van der Waals surface area contributed by atoms with E-state index < -0.39 is 5.60 Å². The van der Waals surface area contributed by atoms with E-state index in [-0.39, 0.29) is 0 Å². The lowest BCUT2D eigenvalue weighted by Gasteiger charge is -2.27. The first-order valence-electron chi connectivity index (χ1n) is 3.60. The molecule has 0 unspecified atom stereocenters. The molecule has 3 fully saturated rings. The fourth-order valence-corrected chi connectivity index (χ4v) is 2.19. The molecule has 0 spiro atoms. The number of hydrogen-bond donors (Lipinski definition) is 1. The van der Waals surface area contributed by atoms with Gasteiger partial charge >= 0.3 is 0 Å². The van der Waals surface area contributed by atoms with Gasteiger partial charge in [-0.2, -0.15) is 0 Å². The second-order valence-electron chi connectivity index (χ2n) is 3.43. The Hall–Kier alpha value is -0.300. The van der Waals surface area contributed by atoms with E-state index in [4.69, 9.17) is 0 Å². The summed E-state index contributed by atoms with van der Waals surface area (Å²) in [6, 6.07) is 0. The number of aliphatic hydroxyl groups is 1. The number of hydrogen-bond acceptors (Lipinski definition) is 1. The first-order valence-corrected chi connectivity index (χ1v) is 3.60. The predicted octanol–water partition coefficient (Wildman–Crippen LogP) is 1.33. The van der Waals surface area contributed by atoms with Crippen LogP contribution < -0.4 is 0 Å². The standard InChI is InChI=1S/C8H12O/c1-2-8(9)5-6-3-7(8)4-6/h2,6-7,9H,1,3-5H2/t6?,7?,8-/m0/s1. The van der Waals surface area contributed by atoms with Gasteiger partial charge in [0.1, 0.15) is 0 Å². The molecule has 3 aliphatic rings. The van der Waals surface area contributed by atoms with E-state index >= 15 is 0 Å². The fourth-order valence-electron chi connectivity index (χ4n) is 2.19. The van der Waals surface area contributed by atoms with Crippen molar-refractivity contribution in [3.63, 3.8) is 0 Å². The van der Waals surface area contributed by atoms with Crippen LogP contribution in [0.4, 0.5) is 0 Å². The van der Waals surface area contributed by atoms with Gasteiger partial charge in [0.05, 0.1) is 5.60 Å². The van der Waals surface area contributed by atoms with Crippen molar-refractivity contribution in [2.24, 2.45) is 11.8 Å². The van der Waals surface area contributed by atoms with Crippen molar-refractivity contribution in [1.29, 1.82) is 0 Å². The monoisotopic (exact) mass is 124 g/mol. The highest BCUT2D eigenvalue weighted by Crippen LogP contribution is 2.55. The molecular formula is C8H12O. The van der Waals surface area contributed by atoms with Crippen LogP contribution in [0.25, 0.3) is 0 Å². The second-order valence-corrected chi connectivity index (χ2v) is 3.43. The van der Waals surface area contributed by atoms with Crippen LogP contribution in [0.3, 0.4) is 0 Å². The maximum atomic E-state index is 9.69. The van der Waals surface area contributed by atoms with Gasteiger partial charge in [-0.3, -0.25) is 0 Å². The van der Waals surface area contributed by atoms with Gasteiger partial charge in [0, 0.05) is 0 Å². The molecule has 50 valence electrons. The third kappa shape index (κ3) is 0.531. The van der Waals surface area contributed by atoms with Gasteiger partial charge in [0.2, 0.25) is 0 Å². The Labute approximate surface area is 55.4 Å². The highest BCUT2D eigenvalue weighted by molar-refractivity contribution is 5.13. The SMILES string of the molecule is C=C[C@]1(O)CC2CC1C2. The summed E-state index contributed by atoms with van der Waals surface area (Å²) in [5.74, 6) is 1.37. The molecule has 0 amide bonds. The molecule has 1 atom stereocenters. The zero-order valence-corrected chi connectivity index (χ0v) is 5.51. The Balaban J connectivity index is 2.22.